The summed E-state index contributed by atoms with van der Waals surface area (Å²) >= 11 is 0. The quantitative estimate of drug-likeness (QED) is 0.837. The highest BCUT2D eigenvalue weighted by atomic mass is 16.5. The minimum absolute atomic E-state index is 0.00871. The number of nitrogens with two attached hydrogens (primary N) is 1. The number of carbonyl (C=O) groups excluding carboxylic acids is 1. The molecule has 3 N–H and O–H groups in total. The first-order valence-corrected chi connectivity index (χ1v) is 8.45. The molecule has 0 spiro atoms. The van der Waals surface area contributed by atoms with Gasteiger partial charge in [0.1, 0.15) is 5.54 Å². The van der Waals surface area contributed by atoms with Crippen LogP contribution in [0.5, 0.6) is 0 Å². The molecule has 0 aliphatic heterocycles. The van der Waals surface area contributed by atoms with Crippen LogP contribution in [-0.4, -0.2) is 30.2 Å². The fourth-order valence-electron chi connectivity index (χ4n) is 3.90. The number of rotatable bonds is 4. The van der Waals surface area contributed by atoms with Crippen molar-refractivity contribution in [2.45, 2.75) is 78.0 Å². The first-order valence-electron chi connectivity index (χ1n) is 8.45. The molecule has 0 heterocycles. The predicted octanol–water partition coefficient (Wildman–Crippen LogP) is 2.46. The van der Waals surface area contributed by atoms with Crippen molar-refractivity contribution in [3.8, 4) is 0 Å². The molecule has 0 aromatic carbocycles. The Hall–Kier alpha value is -0.610. The van der Waals surface area contributed by atoms with E-state index in [2.05, 4.69) is 19.2 Å². The molecule has 2 aliphatic rings. The first-order chi connectivity index (χ1) is 9.74. The molecule has 2 saturated carbocycles. The van der Waals surface area contributed by atoms with Crippen molar-refractivity contribution in [2.75, 3.05) is 6.61 Å². The highest BCUT2D eigenvalue weighted by Gasteiger charge is 2.63. The molecule has 2 rings (SSSR count). The van der Waals surface area contributed by atoms with Gasteiger partial charge < -0.3 is 15.8 Å². The predicted molar refractivity (Wildman–Crippen MR) is 84.8 cm³/mol. The van der Waals surface area contributed by atoms with E-state index >= 15 is 0 Å². The Labute approximate surface area is 129 Å². The number of ether oxygens (including phenoxy) is 1. The van der Waals surface area contributed by atoms with E-state index in [-0.39, 0.29) is 23.5 Å². The zero-order chi connectivity index (χ0) is 15.8. The van der Waals surface area contributed by atoms with Gasteiger partial charge in [-0.15, -0.1) is 0 Å². The van der Waals surface area contributed by atoms with Gasteiger partial charge in [0.25, 0.3) is 0 Å². The smallest absolute Gasteiger partial charge is 0.241 e. The van der Waals surface area contributed by atoms with Crippen molar-refractivity contribution in [3.05, 3.63) is 0 Å². The summed E-state index contributed by atoms with van der Waals surface area (Å²) in [5.74, 6) is 1.20. The van der Waals surface area contributed by atoms with Crippen molar-refractivity contribution in [3.63, 3.8) is 0 Å². The molecule has 5 atom stereocenters. The van der Waals surface area contributed by atoms with Crippen molar-refractivity contribution >= 4 is 5.91 Å². The molecule has 0 aromatic heterocycles. The second kappa shape index (κ2) is 5.88. The second-order valence-corrected chi connectivity index (χ2v) is 7.69. The zero-order valence-corrected chi connectivity index (χ0v) is 14.2. The molecule has 0 bridgehead atoms. The van der Waals surface area contributed by atoms with E-state index in [1.807, 2.05) is 20.8 Å². The number of hydrogen-bond acceptors (Lipinski definition) is 3. The third-order valence-corrected chi connectivity index (χ3v) is 6.26. The highest BCUT2D eigenvalue weighted by molar-refractivity contribution is 5.89. The minimum Gasteiger partial charge on any atom is -0.378 e. The van der Waals surface area contributed by atoms with Crippen molar-refractivity contribution in [1.29, 1.82) is 0 Å². The van der Waals surface area contributed by atoms with Gasteiger partial charge in [-0.05, 0) is 25.2 Å². The molecule has 4 nitrogen and oxygen atoms in total. The lowest BCUT2D eigenvalue weighted by atomic mass is 9.54. The van der Waals surface area contributed by atoms with Crippen LogP contribution in [-0.2, 0) is 9.53 Å². The van der Waals surface area contributed by atoms with Crippen LogP contribution in [0.4, 0.5) is 0 Å². The summed E-state index contributed by atoms with van der Waals surface area (Å²) in [6.07, 6.45) is 4.23. The lowest BCUT2D eigenvalue weighted by Crippen LogP contribution is -2.76. The number of hydrogen-bond donors (Lipinski definition) is 2. The van der Waals surface area contributed by atoms with E-state index in [1.165, 1.54) is 12.8 Å². The topological polar surface area (TPSA) is 64.3 Å². The summed E-state index contributed by atoms with van der Waals surface area (Å²) in [7, 11) is 0. The van der Waals surface area contributed by atoms with E-state index in [1.54, 1.807) is 0 Å². The normalized spacial score (nSPS) is 42.2. The Morgan fingerprint density at radius 2 is 2.00 bits per heavy atom. The van der Waals surface area contributed by atoms with Crippen LogP contribution in [0, 0.1) is 17.3 Å². The third-order valence-electron chi connectivity index (χ3n) is 6.26. The molecule has 0 radical (unpaired) electrons. The van der Waals surface area contributed by atoms with E-state index in [9.17, 15) is 4.79 Å². The van der Waals surface area contributed by atoms with Crippen LogP contribution in [0.25, 0.3) is 0 Å². The molecule has 0 saturated heterocycles. The van der Waals surface area contributed by atoms with Gasteiger partial charge in [0, 0.05) is 24.5 Å². The number of amides is 1. The van der Waals surface area contributed by atoms with Crippen LogP contribution >= 0.6 is 0 Å². The van der Waals surface area contributed by atoms with Gasteiger partial charge in [0.15, 0.2) is 0 Å². The van der Waals surface area contributed by atoms with Crippen LogP contribution in [0.2, 0.25) is 0 Å². The lowest BCUT2D eigenvalue weighted by molar-refractivity contribution is -0.171. The van der Waals surface area contributed by atoms with Crippen LogP contribution < -0.4 is 11.1 Å². The van der Waals surface area contributed by atoms with Crippen molar-refractivity contribution < 1.29 is 9.53 Å². The van der Waals surface area contributed by atoms with E-state index in [0.29, 0.717) is 24.9 Å². The Bertz CT molecular complexity index is 396. The average molecular weight is 296 g/mol. The second-order valence-electron chi connectivity index (χ2n) is 7.69. The minimum atomic E-state index is -0.798. The Kier molecular flexibility index (Phi) is 4.69. The molecular weight excluding hydrogens is 264 g/mol. The molecule has 1 amide bonds. The van der Waals surface area contributed by atoms with Crippen molar-refractivity contribution in [1.82, 2.24) is 5.32 Å². The fourth-order valence-corrected chi connectivity index (χ4v) is 3.90. The van der Waals surface area contributed by atoms with Crippen LogP contribution in [0.3, 0.4) is 0 Å². The molecule has 2 aliphatic carbocycles. The average Bonchev–Trinajstić information content (AvgIpc) is 2.43. The van der Waals surface area contributed by atoms with Gasteiger partial charge in [-0.2, -0.15) is 0 Å². The lowest BCUT2D eigenvalue weighted by Gasteiger charge is -2.58. The molecule has 21 heavy (non-hydrogen) atoms. The molecule has 122 valence electrons. The van der Waals surface area contributed by atoms with E-state index in [4.69, 9.17) is 10.5 Å². The molecule has 2 fully saturated rings. The van der Waals surface area contributed by atoms with Crippen molar-refractivity contribution in [2.24, 2.45) is 23.0 Å². The van der Waals surface area contributed by atoms with Gasteiger partial charge in [-0.25, -0.2) is 0 Å². The fraction of sp³-hybridized carbons (Fsp3) is 0.941. The molecule has 5 unspecified atom stereocenters. The molecule has 0 aromatic rings. The van der Waals surface area contributed by atoms with Crippen LogP contribution in [0.1, 0.15) is 60.3 Å². The summed E-state index contributed by atoms with van der Waals surface area (Å²) in [4.78, 5) is 12.7. The Morgan fingerprint density at radius 1 is 1.33 bits per heavy atom. The maximum absolute atomic E-state index is 12.7. The van der Waals surface area contributed by atoms with Gasteiger partial charge in [-0.1, -0.05) is 40.5 Å². The zero-order valence-electron chi connectivity index (χ0n) is 14.2. The summed E-state index contributed by atoms with van der Waals surface area (Å²) in [5.41, 5.74) is 5.34. The number of nitrogens with one attached hydrogen (secondary N) is 1. The highest BCUT2D eigenvalue weighted by Crippen LogP contribution is 2.50. The maximum atomic E-state index is 12.7. The first kappa shape index (κ1) is 16.8. The Morgan fingerprint density at radius 3 is 2.57 bits per heavy atom. The van der Waals surface area contributed by atoms with Gasteiger partial charge >= 0.3 is 0 Å². The monoisotopic (exact) mass is 296 g/mol. The summed E-state index contributed by atoms with van der Waals surface area (Å²) in [5, 5.41) is 3.24. The standard InChI is InChI=1S/C17H32N2O2/c1-6-21-14-10-17(18,16(14,4)5)15(20)19-13-9-7-8-11(2)12(13)3/h11-14H,6-10,18H2,1-5H3,(H,19,20). The van der Waals surface area contributed by atoms with Gasteiger partial charge in [0.05, 0.1) is 6.10 Å². The Balaban J connectivity index is 2.00. The SMILES string of the molecule is CCOC1CC(N)(C(=O)NC2CCCC(C)C2C)C1(C)C. The third kappa shape index (κ3) is 2.72. The van der Waals surface area contributed by atoms with Gasteiger partial charge in [0.2, 0.25) is 5.91 Å². The van der Waals surface area contributed by atoms with E-state index in [0.717, 1.165) is 6.42 Å². The largest absolute Gasteiger partial charge is 0.378 e. The van der Waals surface area contributed by atoms with Crippen LogP contribution in [0.15, 0.2) is 0 Å². The maximum Gasteiger partial charge on any atom is 0.241 e. The molecular formula is C17H32N2O2. The summed E-state index contributed by atoms with van der Waals surface area (Å²) < 4.78 is 5.71. The summed E-state index contributed by atoms with van der Waals surface area (Å²) in [6, 6.07) is 0.267. The van der Waals surface area contributed by atoms with Gasteiger partial charge in [-0.3, -0.25) is 4.79 Å². The summed E-state index contributed by atoms with van der Waals surface area (Å²) in [6.45, 7) is 11.3. The molecule has 4 heteroatoms. The number of carbonyl (C=O) groups is 1. The van der Waals surface area contributed by atoms with E-state index < -0.39 is 5.54 Å².